The highest BCUT2D eigenvalue weighted by Crippen LogP contribution is 2.30. The number of hydrogen-bond acceptors (Lipinski definition) is 4. The number of hydrogen-bond donors (Lipinski definition) is 0. The van der Waals surface area contributed by atoms with E-state index in [1.54, 1.807) is 0 Å². The summed E-state index contributed by atoms with van der Waals surface area (Å²) >= 11 is 0. The third kappa shape index (κ3) is 2.44. The summed E-state index contributed by atoms with van der Waals surface area (Å²) in [4.78, 5) is 19.7. The van der Waals surface area contributed by atoms with Gasteiger partial charge in [-0.1, -0.05) is 18.2 Å². The molecule has 2 aliphatic rings. The van der Waals surface area contributed by atoms with Crippen molar-refractivity contribution in [3.8, 4) is 0 Å². The molecule has 0 N–H and O–H groups in total. The number of para-hydroxylation sites is 1. The van der Waals surface area contributed by atoms with Gasteiger partial charge >= 0.3 is 0 Å². The Bertz CT molecular complexity index is 982. The molecule has 1 amide bonds. The SMILES string of the molecule is Cn1cc(C(=O)N2CCc3oc(C4CCOC4)nc3C2)c2ccccc21. The van der Waals surface area contributed by atoms with E-state index in [-0.39, 0.29) is 11.8 Å². The predicted octanol–water partition coefficient (Wildman–Crippen LogP) is 2.87. The molecular formula is C20H21N3O3. The van der Waals surface area contributed by atoms with Crippen LogP contribution in [0.4, 0.5) is 0 Å². The minimum absolute atomic E-state index is 0.0567. The smallest absolute Gasteiger partial charge is 0.256 e. The second-order valence-corrected chi connectivity index (χ2v) is 7.13. The van der Waals surface area contributed by atoms with Crippen molar-refractivity contribution in [3.63, 3.8) is 0 Å². The molecule has 26 heavy (non-hydrogen) atoms. The van der Waals surface area contributed by atoms with Gasteiger partial charge in [0.05, 0.1) is 24.6 Å². The zero-order valence-electron chi connectivity index (χ0n) is 14.8. The molecular weight excluding hydrogens is 330 g/mol. The number of benzene rings is 1. The van der Waals surface area contributed by atoms with E-state index in [0.29, 0.717) is 26.1 Å². The van der Waals surface area contributed by atoms with Gasteiger partial charge in [0.25, 0.3) is 5.91 Å². The molecule has 0 saturated carbocycles. The van der Waals surface area contributed by atoms with Crippen LogP contribution in [-0.2, 0) is 24.8 Å². The number of rotatable bonds is 2. The van der Waals surface area contributed by atoms with Crippen molar-refractivity contribution < 1.29 is 13.9 Å². The molecule has 0 aliphatic carbocycles. The highest BCUT2D eigenvalue weighted by atomic mass is 16.5. The number of oxazole rings is 1. The van der Waals surface area contributed by atoms with Crippen molar-refractivity contribution in [2.45, 2.75) is 25.3 Å². The Morgan fingerprint density at radius 3 is 3.04 bits per heavy atom. The van der Waals surface area contributed by atoms with Crippen LogP contribution in [0, 0.1) is 0 Å². The average Bonchev–Trinajstić information content (AvgIpc) is 3.39. The second kappa shape index (κ2) is 5.99. The van der Waals surface area contributed by atoms with Crippen molar-refractivity contribution in [2.24, 2.45) is 7.05 Å². The van der Waals surface area contributed by atoms with E-state index >= 15 is 0 Å². The fourth-order valence-corrected chi connectivity index (χ4v) is 3.98. The summed E-state index contributed by atoms with van der Waals surface area (Å²) in [5.41, 5.74) is 2.71. The largest absolute Gasteiger partial charge is 0.445 e. The first-order chi connectivity index (χ1) is 12.7. The van der Waals surface area contributed by atoms with Crippen LogP contribution in [0.25, 0.3) is 10.9 Å². The van der Waals surface area contributed by atoms with Crippen LogP contribution >= 0.6 is 0 Å². The second-order valence-electron chi connectivity index (χ2n) is 7.13. The molecule has 4 heterocycles. The summed E-state index contributed by atoms with van der Waals surface area (Å²) in [6, 6.07) is 8.01. The maximum Gasteiger partial charge on any atom is 0.256 e. The number of carbonyl (C=O) groups excluding carboxylic acids is 1. The van der Waals surface area contributed by atoms with E-state index in [2.05, 4.69) is 4.98 Å². The van der Waals surface area contributed by atoms with Crippen molar-refractivity contribution >= 4 is 16.8 Å². The van der Waals surface area contributed by atoms with E-state index < -0.39 is 0 Å². The van der Waals surface area contributed by atoms with E-state index in [1.165, 1.54) is 0 Å². The van der Waals surface area contributed by atoms with Crippen LogP contribution in [0.15, 0.2) is 34.9 Å². The molecule has 1 aromatic carbocycles. The summed E-state index contributed by atoms with van der Waals surface area (Å²) in [5, 5.41) is 0.995. The molecule has 1 fully saturated rings. The lowest BCUT2D eigenvalue weighted by Gasteiger charge is -2.25. The first-order valence-electron chi connectivity index (χ1n) is 9.10. The summed E-state index contributed by atoms with van der Waals surface area (Å²) in [6.07, 6.45) is 3.59. The molecule has 0 radical (unpaired) electrons. The average molecular weight is 351 g/mol. The van der Waals surface area contributed by atoms with Gasteiger partial charge in [0, 0.05) is 43.7 Å². The van der Waals surface area contributed by atoms with Crippen LogP contribution in [0.3, 0.4) is 0 Å². The molecule has 1 atom stereocenters. The van der Waals surface area contributed by atoms with Gasteiger partial charge in [-0.2, -0.15) is 0 Å². The predicted molar refractivity (Wildman–Crippen MR) is 96.0 cm³/mol. The maximum absolute atomic E-state index is 13.1. The Morgan fingerprint density at radius 1 is 1.31 bits per heavy atom. The van der Waals surface area contributed by atoms with Crippen LogP contribution in [-0.4, -0.2) is 40.1 Å². The molecule has 1 unspecified atom stereocenters. The molecule has 1 saturated heterocycles. The fraction of sp³-hybridized carbons (Fsp3) is 0.400. The third-order valence-electron chi connectivity index (χ3n) is 5.44. The molecule has 0 spiro atoms. The Morgan fingerprint density at radius 2 is 2.19 bits per heavy atom. The molecule has 6 heteroatoms. The van der Waals surface area contributed by atoms with Crippen LogP contribution in [0.5, 0.6) is 0 Å². The maximum atomic E-state index is 13.1. The lowest BCUT2D eigenvalue weighted by Crippen LogP contribution is -2.35. The number of aryl methyl sites for hydroxylation is 1. The Hall–Kier alpha value is -2.60. The molecule has 6 nitrogen and oxygen atoms in total. The standard InChI is InChI=1S/C20H21N3O3/c1-22-10-15(14-4-2-3-5-17(14)22)20(24)23-8-6-18-16(11-23)21-19(26-18)13-7-9-25-12-13/h2-5,10,13H,6-9,11-12H2,1H3. The summed E-state index contributed by atoms with van der Waals surface area (Å²) in [5.74, 6) is 2.00. The molecule has 3 aromatic rings. The first-order valence-corrected chi connectivity index (χ1v) is 9.10. The fourth-order valence-electron chi connectivity index (χ4n) is 3.98. The van der Waals surface area contributed by atoms with E-state index in [0.717, 1.165) is 46.8 Å². The van der Waals surface area contributed by atoms with Crippen molar-refractivity contribution in [3.05, 3.63) is 53.4 Å². The van der Waals surface area contributed by atoms with Gasteiger partial charge in [-0.15, -0.1) is 0 Å². The number of fused-ring (bicyclic) bond motifs is 2. The molecule has 2 aromatic heterocycles. The Labute approximate surface area is 151 Å². The number of ether oxygens (including phenoxy) is 1. The van der Waals surface area contributed by atoms with Crippen LogP contribution < -0.4 is 0 Å². The normalized spacial score (nSPS) is 19.9. The van der Waals surface area contributed by atoms with E-state index in [4.69, 9.17) is 9.15 Å². The summed E-state index contributed by atoms with van der Waals surface area (Å²) < 4.78 is 13.4. The van der Waals surface area contributed by atoms with Gasteiger partial charge < -0.3 is 18.6 Å². The van der Waals surface area contributed by atoms with Crippen molar-refractivity contribution in [1.29, 1.82) is 0 Å². The van der Waals surface area contributed by atoms with Crippen LogP contribution in [0.1, 0.15) is 40.0 Å². The van der Waals surface area contributed by atoms with E-state index in [1.807, 2.05) is 47.0 Å². The summed E-state index contributed by atoms with van der Waals surface area (Å²) in [7, 11) is 1.97. The van der Waals surface area contributed by atoms with Gasteiger partial charge in [-0.3, -0.25) is 4.79 Å². The Kier molecular flexibility index (Phi) is 3.60. The minimum Gasteiger partial charge on any atom is -0.445 e. The first kappa shape index (κ1) is 15.6. The minimum atomic E-state index is 0.0567. The third-order valence-corrected chi connectivity index (χ3v) is 5.44. The van der Waals surface area contributed by atoms with Gasteiger partial charge in [0.15, 0.2) is 5.89 Å². The number of amides is 1. The highest BCUT2D eigenvalue weighted by Gasteiger charge is 2.30. The highest BCUT2D eigenvalue weighted by molar-refractivity contribution is 6.07. The molecule has 5 rings (SSSR count). The van der Waals surface area contributed by atoms with Gasteiger partial charge in [0.1, 0.15) is 11.5 Å². The monoisotopic (exact) mass is 351 g/mol. The molecule has 0 bridgehead atoms. The molecule has 134 valence electrons. The van der Waals surface area contributed by atoms with Crippen molar-refractivity contribution in [1.82, 2.24) is 14.5 Å². The van der Waals surface area contributed by atoms with Gasteiger partial charge in [-0.25, -0.2) is 4.98 Å². The Balaban J connectivity index is 1.42. The quantitative estimate of drug-likeness (QED) is 0.712. The summed E-state index contributed by atoms with van der Waals surface area (Å²) in [6.45, 7) is 2.61. The van der Waals surface area contributed by atoms with Crippen molar-refractivity contribution in [2.75, 3.05) is 19.8 Å². The molecule has 2 aliphatic heterocycles. The lowest BCUT2D eigenvalue weighted by atomic mass is 10.1. The van der Waals surface area contributed by atoms with Gasteiger partial charge in [0.2, 0.25) is 0 Å². The number of nitrogens with zero attached hydrogens (tertiary/aromatic N) is 3. The topological polar surface area (TPSA) is 60.5 Å². The van der Waals surface area contributed by atoms with Gasteiger partial charge in [-0.05, 0) is 12.5 Å². The zero-order chi connectivity index (χ0) is 17.7. The number of aromatic nitrogens is 2. The van der Waals surface area contributed by atoms with Crippen LogP contribution in [0.2, 0.25) is 0 Å². The zero-order valence-corrected chi connectivity index (χ0v) is 14.8. The number of carbonyl (C=O) groups is 1. The van der Waals surface area contributed by atoms with E-state index in [9.17, 15) is 4.79 Å². The lowest BCUT2D eigenvalue weighted by molar-refractivity contribution is 0.0729.